The van der Waals surface area contributed by atoms with Gasteiger partial charge in [-0.1, -0.05) is 18.2 Å². The molecule has 108 valence electrons. The predicted octanol–water partition coefficient (Wildman–Crippen LogP) is 2.71. The second kappa shape index (κ2) is 5.53. The fourth-order valence-corrected chi connectivity index (χ4v) is 2.49. The van der Waals surface area contributed by atoms with Gasteiger partial charge in [0.1, 0.15) is 0 Å². The van der Waals surface area contributed by atoms with Gasteiger partial charge in [0.05, 0.1) is 5.41 Å². The number of amides is 2. The van der Waals surface area contributed by atoms with Crippen LogP contribution >= 0.6 is 0 Å². The van der Waals surface area contributed by atoms with Crippen molar-refractivity contribution in [3.63, 3.8) is 0 Å². The van der Waals surface area contributed by atoms with Crippen molar-refractivity contribution in [2.24, 2.45) is 5.41 Å². The van der Waals surface area contributed by atoms with E-state index in [9.17, 15) is 14.7 Å². The summed E-state index contributed by atoms with van der Waals surface area (Å²) in [5.74, 6) is -0.842. The van der Waals surface area contributed by atoms with Gasteiger partial charge in [0.15, 0.2) is 0 Å². The van der Waals surface area contributed by atoms with Crippen molar-refractivity contribution in [2.45, 2.75) is 26.7 Å². The van der Waals surface area contributed by atoms with Crippen molar-refractivity contribution in [1.82, 2.24) is 4.90 Å². The summed E-state index contributed by atoms with van der Waals surface area (Å²) in [6, 6.07) is 7.31. The summed E-state index contributed by atoms with van der Waals surface area (Å²) in [6.07, 6.45) is 1.32. The number of carbonyl (C=O) groups excluding carboxylic acids is 1. The Morgan fingerprint density at radius 1 is 1.35 bits per heavy atom. The fraction of sp³-hybridized carbons (Fsp3) is 0.467. The van der Waals surface area contributed by atoms with Gasteiger partial charge >= 0.3 is 12.0 Å². The maximum Gasteiger partial charge on any atom is 0.321 e. The number of rotatable bonds is 2. The van der Waals surface area contributed by atoms with Crippen molar-refractivity contribution in [1.29, 1.82) is 0 Å². The Kier molecular flexibility index (Phi) is 3.97. The van der Waals surface area contributed by atoms with Gasteiger partial charge in [-0.25, -0.2) is 4.79 Å². The Morgan fingerprint density at radius 3 is 2.70 bits per heavy atom. The molecule has 2 N–H and O–H groups in total. The van der Waals surface area contributed by atoms with Crippen LogP contribution in [0, 0.1) is 12.3 Å². The molecule has 1 aromatic rings. The van der Waals surface area contributed by atoms with E-state index in [-0.39, 0.29) is 12.6 Å². The highest BCUT2D eigenvalue weighted by Gasteiger charge is 2.39. The normalized spacial score (nSPS) is 22.4. The van der Waals surface area contributed by atoms with Gasteiger partial charge in [0, 0.05) is 18.8 Å². The van der Waals surface area contributed by atoms with Crippen LogP contribution in [0.3, 0.4) is 0 Å². The smallest absolute Gasteiger partial charge is 0.321 e. The number of para-hydroxylation sites is 1. The van der Waals surface area contributed by atoms with Crippen LogP contribution in [0.4, 0.5) is 10.5 Å². The Balaban J connectivity index is 2.06. The number of carbonyl (C=O) groups is 2. The molecule has 1 fully saturated rings. The number of benzene rings is 1. The van der Waals surface area contributed by atoms with Crippen molar-refractivity contribution in [2.75, 3.05) is 18.4 Å². The highest BCUT2D eigenvalue weighted by atomic mass is 16.4. The fourth-order valence-electron chi connectivity index (χ4n) is 2.49. The molecule has 0 spiro atoms. The second-order valence-corrected chi connectivity index (χ2v) is 5.64. The lowest BCUT2D eigenvalue weighted by molar-refractivity contribution is -0.150. The number of hydrogen-bond donors (Lipinski definition) is 2. The highest BCUT2D eigenvalue weighted by Crippen LogP contribution is 2.30. The van der Waals surface area contributed by atoms with E-state index in [2.05, 4.69) is 5.32 Å². The first-order valence-electron chi connectivity index (χ1n) is 6.77. The summed E-state index contributed by atoms with van der Waals surface area (Å²) in [5.41, 5.74) is 0.903. The number of anilines is 1. The molecular formula is C15H20N2O3. The molecule has 2 rings (SSSR count). The molecule has 5 heteroatoms. The topological polar surface area (TPSA) is 69.6 Å². The lowest BCUT2D eigenvalue weighted by Gasteiger charge is -2.37. The van der Waals surface area contributed by atoms with Gasteiger partial charge < -0.3 is 15.3 Å². The number of aryl methyl sites for hydroxylation is 1. The summed E-state index contributed by atoms with van der Waals surface area (Å²) in [5, 5.41) is 12.1. The quantitative estimate of drug-likeness (QED) is 0.872. The van der Waals surface area contributed by atoms with E-state index in [0.29, 0.717) is 19.4 Å². The molecule has 5 nitrogen and oxygen atoms in total. The molecule has 1 aliphatic rings. The Morgan fingerprint density at radius 2 is 2.05 bits per heavy atom. The number of carboxylic acids is 1. The third-order valence-electron chi connectivity index (χ3n) is 3.89. The average Bonchev–Trinajstić information content (AvgIpc) is 2.41. The zero-order chi connectivity index (χ0) is 14.8. The van der Waals surface area contributed by atoms with Gasteiger partial charge in [0.25, 0.3) is 0 Å². The number of nitrogens with zero attached hydrogens (tertiary/aromatic N) is 1. The third-order valence-corrected chi connectivity index (χ3v) is 3.89. The van der Waals surface area contributed by atoms with Crippen LogP contribution in [0.15, 0.2) is 24.3 Å². The van der Waals surface area contributed by atoms with Crippen molar-refractivity contribution < 1.29 is 14.7 Å². The van der Waals surface area contributed by atoms with Crippen LogP contribution in [0.2, 0.25) is 0 Å². The first-order valence-corrected chi connectivity index (χ1v) is 6.77. The molecule has 0 aliphatic carbocycles. The van der Waals surface area contributed by atoms with Crippen LogP contribution in [0.25, 0.3) is 0 Å². The molecular weight excluding hydrogens is 256 g/mol. The van der Waals surface area contributed by atoms with Crippen molar-refractivity contribution in [3.05, 3.63) is 29.8 Å². The summed E-state index contributed by atoms with van der Waals surface area (Å²) in [7, 11) is 0. The zero-order valence-electron chi connectivity index (χ0n) is 11.8. The molecule has 1 saturated heterocycles. The van der Waals surface area contributed by atoms with E-state index in [0.717, 1.165) is 11.3 Å². The largest absolute Gasteiger partial charge is 0.481 e. The summed E-state index contributed by atoms with van der Waals surface area (Å²) in [6.45, 7) is 4.47. The maximum atomic E-state index is 12.3. The molecule has 2 amide bonds. The third kappa shape index (κ3) is 2.92. The van der Waals surface area contributed by atoms with Gasteiger partial charge in [-0.3, -0.25) is 4.79 Å². The van der Waals surface area contributed by atoms with Crippen LogP contribution in [0.5, 0.6) is 0 Å². The monoisotopic (exact) mass is 276 g/mol. The first-order chi connectivity index (χ1) is 9.42. The molecule has 0 aromatic heterocycles. The first kappa shape index (κ1) is 14.4. The number of nitrogens with one attached hydrogen (secondary N) is 1. The molecule has 1 unspecified atom stereocenters. The Hall–Kier alpha value is -2.04. The highest BCUT2D eigenvalue weighted by molar-refractivity contribution is 5.90. The molecule has 1 aliphatic heterocycles. The molecule has 1 aromatic carbocycles. The molecule has 20 heavy (non-hydrogen) atoms. The number of aliphatic carboxylic acids is 1. The average molecular weight is 276 g/mol. The predicted molar refractivity (Wildman–Crippen MR) is 76.7 cm³/mol. The van der Waals surface area contributed by atoms with Crippen LogP contribution in [-0.2, 0) is 4.79 Å². The molecule has 0 saturated carbocycles. The van der Waals surface area contributed by atoms with E-state index in [4.69, 9.17) is 0 Å². The van der Waals surface area contributed by atoms with Gasteiger partial charge in [-0.2, -0.15) is 0 Å². The molecule has 0 radical (unpaired) electrons. The number of piperidine rings is 1. The number of likely N-dealkylation sites (tertiary alicyclic amines) is 1. The van der Waals surface area contributed by atoms with Crippen molar-refractivity contribution >= 4 is 17.7 Å². The molecule has 1 atom stereocenters. The standard InChI is InChI=1S/C15H20N2O3/c1-11-6-3-4-7-12(11)16-14(20)17-9-5-8-15(2,10-17)13(18)19/h3-4,6-7H,5,8-10H2,1-2H3,(H,16,20)(H,18,19). The minimum atomic E-state index is -0.846. The maximum absolute atomic E-state index is 12.3. The SMILES string of the molecule is Cc1ccccc1NC(=O)N1CCCC(C)(C(=O)O)C1. The zero-order valence-corrected chi connectivity index (χ0v) is 11.8. The van der Waals surface area contributed by atoms with E-state index in [1.54, 1.807) is 11.8 Å². The van der Waals surface area contributed by atoms with Gasteiger partial charge in [-0.05, 0) is 38.3 Å². The Bertz CT molecular complexity index is 530. The van der Waals surface area contributed by atoms with Gasteiger partial charge in [-0.15, -0.1) is 0 Å². The minimum absolute atomic E-state index is 0.230. The molecule has 0 bridgehead atoms. The van der Waals surface area contributed by atoms with Crippen LogP contribution in [0.1, 0.15) is 25.3 Å². The molecule has 1 heterocycles. The minimum Gasteiger partial charge on any atom is -0.481 e. The lowest BCUT2D eigenvalue weighted by Crippen LogP contribution is -2.49. The summed E-state index contributed by atoms with van der Waals surface area (Å²) in [4.78, 5) is 25.1. The van der Waals surface area contributed by atoms with E-state index in [1.165, 1.54) is 0 Å². The van der Waals surface area contributed by atoms with Crippen LogP contribution < -0.4 is 5.32 Å². The van der Waals surface area contributed by atoms with Crippen LogP contribution in [-0.4, -0.2) is 35.1 Å². The second-order valence-electron chi connectivity index (χ2n) is 5.64. The lowest BCUT2D eigenvalue weighted by atomic mass is 9.82. The number of carboxylic acid groups (broad SMARTS) is 1. The summed E-state index contributed by atoms with van der Waals surface area (Å²) >= 11 is 0. The van der Waals surface area contributed by atoms with Gasteiger partial charge in [0.2, 0.25) is 0 Å². The number of hydrogen-bond acceptors (Lipinski definition) is 2. The Labute approximate surface area is 118 Å². The van der Waals surface area contributed by atoms with E-state index >= 15 is 0 Å². The van der Waals surface area contributed by atoms with E-state index in [1.807, 2.05) is 31.2 Å². The number of urea groups is 1. The van der Waals surface area contributed by atoms with Crippen molar-refractivity contribution in [3.8, 4) is 0 Å². The van der Waals surface area contributed by atoms with E-state index < -0.39 is 11.4 Å². The summed E-state index contributed by atoms with van der Waals surface area (Å²) < 4.78 is 0.